The molecule has 40 heavy (non-hydrogen) atoms. The van der Waals surface area contributed by atoms with E-state index in [1.165, 1.54) is 206 Å². The third-order valence-corrected chi connectivity index (χ3v) is 9.37. The predicted octanol–water partition coefficient (Wildman–Crippen LogP) is 13.2. The van der Waals surface area contributed by atoms with Crippen LogP contribution in [0.1, 0.15) is 213 Å². The molecule has 0 fully saturated rings. The van der Waals surface area contributed by atoms with E-state index in [9.17, 15) is 0 Å². The van der Waals surface area contributed by atoms with E-state index in [0.717, 1.165) is 0 Å². The van der Waals surface area contributed by atoms with Crippen molar-refractivity contribution in [3.63, 3.8) is 0 Å². The summed E-state index contributed by atoms with van der Waals surface area (Å²) in [4.78, 5) is 5.26. The smallest absolute Gasteiger partial charge is 0.100 e. The molecule has 0 aromatic carbocycles. The normalized spacial score (nSPS) is 15.1. The van der Waals surface area contributed by atoms with Crippen LogP contribution < -0.4 is 0 Å². The highest BCUT2D eigenvalue weighted by atomic mass is 15.4. The first-order valence-electron chi connectivity index (χ1n) is 19.0. The van der Waals surface area contributed by atoms with E-state index in [2.05, 4.69) is 43.0 Å². The zero-order valence-corrected chi connectivity index (χ0v) is 28.3. The third kappa shape index (κ3) is 22.0. The van der Waals surface area contributed by atoms with Crippen LogP contribution in [0.3, 0.4) is 0 Å². The molecule has 238 valence electrons. The van der Waals surface area contributed by atoms with Gasteiger partial charge in [-0.3, -0.25) is 0 Å². The van der Waals surface area contributed by atoms with Crippen molar-refractivity contribution in [1.29, 1.82) is 0 Å². The van der Waals surface area contributed by atoms with Crippen LogP contribution in [0.25, 0.3) is 0 Å². The lowest BCUT2D eigenvalue weighted by Gasteiger charge is -2.32. The molecular formula is C38H76N2. The highest BCUT2D eigenvalue weighted by molar-refractivity contribution is 4.96. The fourth-order valence-corrected chi connectivity index (χ4v) is 6.63. The summed E-state index contributed by atoms with van der Waals surface area (Å²) >= 11 is 0. The Morgan fingerprint density at radius 1 is 0.325 bits per heavy atom. The van der Waals surface area contributed by atoms with Gasteiger partial charge in [-0.1, -0.05) is 194 Å². The molecule has 2 nitrogen and oxygen atoms in total. The molecule has 1 rings (SSSR count). The van der Waals surface area contributed by atoms with E-state index in [4.69, 9.17) is 0 Å². The lowest BCUT2D eigenvalue weighted by atomic mass is 10.0. The van der Waals surface area contributed by atoms with E-state index in [-0.39, 0.29) is 0 Å². The highest BCUT2D eigenvalue weighted by Gasteiger charge is 2.23. The molecule has 0 radical (unpaired) electrons. The van der Waals surface area contributed by atoms with Crippen molar-refractivity contribution in [2.24, 2.45) is 0 Å². The number of unbranched alkanes of at least 4 members (excludes halogenated alkanes) is 27. The van der Waals surface area contributed by atoms with Gasteiger partial charge in [0.05, 0.1) is 0 Å². The van der Waals surface area contributed by atoms with Gasteiger partial charge < -0.3 is 9.80 Å². The molecule has 0 aromatic heterocycles. The van der Waals surface area contributed by atoms with Crippen LogP contribution in [0.4, 0.5) is 0 Å². The first-order chi connectivity index (χ1) is 19.8. The van der Waals surface area contributed by atoms with Crippen molar-refractivity contribution in [2.45, 2.75) is 220 Å². The summed E-state index contributed by atoms with van der Waals surface area (Å²) in [7, 11) is 0. The molecule has 1 aliphatic heterocycles. The number of hydrogen-bond donors (Lipinski definition) is 0. The average Bonchev–Trinajstić information content (AvgIpc) is 3.36. The topological polar surface area (TPSA) is 6.48 Å². The first kappa shape index (κ1) is 37.4. The van der Waals surface area contributed by atoms with Gasteiger partial charge in [0.2, 0.25) is 0 Å². The lowest BCUT2D eigenvalue weighted by molar-refractivity contribution is 0.144. The van der Waals surface area contributed by atoms with Gasteiger partial charge in [0.15, 0.2) is 0 Å². The van der Waals surface area contributed by atoms with Crippen LogP contribution >= 0.6 is 0 Å². The van der Waals surface area contributed by atoms with Gasteiger partial charge in [-0.15, -0.1) is 0 Å². The summed E-state index contributed by atoms with van der Waals surface area (Å²) in [5.74, 6) is 0. The molecule has 0 spiro atoms. The van der Waals surface area contributed by atoms with Crippen molar-refractivity contribution < 1.29 is 0 Å². The Kier molecular flexibility index (Phi) is 27.9. The molecule has 0 saturated carbocycles. The summed E-state index contributed by atoms with van der Waals surface area (Å²) in [5.41, 5.74) is 0. The van der Waals surface area contributed by atoms with Crippen molar-refractivity contribution in [3.8, 4) is 0 Å². The van der Waals surface area contributed by atoms with Crippen LogP contribution in [0.15, 0.2) is 12.4 Å². The Morgan fingerprint density at radius 3 is 0.775 bits per heavy atom. The van der Waals surface area contributed by atoms with E-state index < -0.39 is 0 Å². The van der Waals surface area contributed by atoms with E-state index in [0.29, 0.717) is 6.17 Å². The number of nitrogens with zero attached hydrogens (tertiary/aromatic N) is 2. The van der Waals surface area contributed by atoms with Crippen molar-refractivity contribution >= 4 is 0 Å². The standard InChI is InChI=1S/C38H76N2/c1-4-7-9-11-13-15-17-19-20-21-22-23-25-27-29-31-33-35-40-37-36-39(38(40)6-3)34-32-30-28-26-24-18-16-14-12-10-8-5-2/h36-38H,4-35H2,1-3H3. The Hall–Kier alpha value is -0.660. The summed E-state index contributed by atoms with van der Waals surface area (Å²) < 4.78 is 0. The van der Waals surface area contributed by atoms with Crippen LogP contribution in [-0.2, 0) is 0 Å². The van der Waals surface area contributed by atoms with Crippen LogP contribution in [-0.4, -0.2) is 29.1 Å². The maximum Gasteiger partial charge on any atom is 0.100 e. The van der Waals surface area contributed by atoms with Gasteiger partial charge >= 0.3 is 0 Å². The largest absolute Gasteiger partial charge is 0.356 e. The maximum atomic E-state index is 2.63. The highest BCUT2D eigenvalue weighted by Crippen LogP contribution is 2.21. The quantitative estimate of drug-likeness (QED) is 0.0755. The van der Waals surface area contributed by atoms with Gasteiger partial charge in [0.1, 0.15) is 6.17 Å². The second-order valence-corrected chi connectivity index (χ2v) is 13.2. The molecule has 1 unspecified atom stereocenters. The molecule has 1 aliphatic rings. The molecule has 2 heteroatoms. The summed E-state index contributed by atoms with van der Waals surface area (Å²) in [5, 5.41) is 0. The molecule has 0 aromatic rings. The summed E-state index contributed by atoms with van der Waals surface area (Å²) in [6.07, 6.45) is 48.6. The summed E-state index contributed by atoms with van der Waals surface area (Å²) in [6, 6.07) is 0. The van der Waals surface area contributed by atoms with Crippen molar-refractivity contribution in [1.82, 2.24) is 9.80 Å². The van der Waals surface area contributed by atoms with Gasteiger partial charge in [-0.2, -0.15) is 0 Å². The van der Waals surface area contributed by atoms with Gasteiger partial charge in [0.25, 0.3) is 0 Å². The fourth-order valence-electron chi connectivity index (χ4n) is 6.63. The monoisotopic (exact) mass is 561 g/mol. The van der Waals surface area contributed by atoms with Gasteiger partial charge in [0, 0.05) is 25.5 Å². The number of rotatable bonds is 32. The first-order valence-corrected chi connectivity index (χ1v) is 19.0. The van der Waals surface area contributed by atoms with E-state index >= 15 is 0 Å². The second-order valence-electron chi connectivity index (χ2n) is 13.2. The zero-order valence-electron chi connectivity index (χ0n) is 28.3. The Labute approximate surface area is 254 Å². The minimum atomic E-state index is 0.619. The lowest BCUT2D eigenvalue weighted by Crippen LogP contribution is -2.38. The minimum absolute atomic E-state index is 0.619. The van der Waals surface area contributed by atoms with Gasteiger partial charge in [-0.25, -0.2) is 0 Å². The molecule has 0 saturated heterocycles. The van der Waals surface area contributed by atoms with Crippen molar-refractivity contribution in [2.75, 3.05) is 13.1 Å². The van der Waals surface area contributed by atoms with Crippen LogP contribution in [0, 0.1) is 0 Å². The Morgan fingerprint density at radius 2 is 0.550 bits per heavy atom. The SMILES string of the molecule is CCCCCCCCCCCCCCCCCCCN1C=CN(CCCCCCCCCCCCCC)C1CC. The summed E-state index contributed by atoms with van der Waals surface area (Å²) in [6.45, 7) is 9.49. The molecule has 1 atom stereocenters. The average molecular weight is 561 g/mol. The Balaban J connectivity index is 1.87. The Bertz CT molecular complexity index is 516. The molecule has 0 bridgehead atoms. The van der Waals surface area contributed by atoms with Crippen molar-refractivity contribution in [3.05, 3.63) is 12.4 Å². The van der Waals surface area contributed by atoms with Gasteiger partial charge in [-0.05, 0) is 19.3 Å². The van der Waals surface area contributed by atoms with Crippen LogP contribution in [0.5, 0.6) is 0 Å². The number of hydrogen-bond acceptors (Lipinski definition) is 2. The molecule has 0 N–H and O–H groups in total. The third-order valence-electron chi connectivity index (χ3n) is 9.37. The molecule has 1 heterocycles. The minimum Gasteiger partial charge on any atom is -0.356 e. The molecule has 0 aliphatic carbocycles. The fraction of sp³-hybridized carbons (Fsp3) is 0.947. The van der Waals surface area contributed by atoms with E-state index in [1.807, 2.05) is 0 Å². The predicted molar refractivity (Wildman–Crippen MR) is 182 cm³/mol. The maximum absolute atomic E-state index is 2.63. The molecule has 0 amide bonds. The second kappa shape index (κ2) is 29.8. The van der Waals surface area contributed by atoms with Crippen LogP contribution in [0.2, 0.25) is 0 Å². The van der Waals surface area contributed by atoms with E-state index in [1.54, 1.807) is 0 Å². The molecular weight excluding hydrogens is 484 g/mol. The zero-order chi connectivity index (χ0) is 28.8.